The van der Waals surface area contributed by atoms with Gasteiger partial charge >= 0.3 is 0 Å². The molecule has 2 aromatic rings. The quantitative estimate of drug-likeness (QED) is 0.582. The molecule has 0 aliphatic rings. The topological polar surface area (TPSA) is 97.1 Å². The Morgan fingerprint density at radius 3 is 2.47 bits per heavy atom. The van der Waals surface area contributed by atoms with Crippen LogP contribution in [0, 0.1) is 0 Å². The summed E-state index contributed by atoms with van der Waals surface area (Å²) in [5.74, 6) is 5.56. The number of rotatable bonds is 4. The normalized spacial score (nSPS) is 11.1. The molecule has 6 nitrogen and oxygen atoms in total. The minimum Gasteiger partial charge on any atom is -0.308 e. The number of nitrogens with one attached hydrogen (secondary N) is 2. The number of para-hydroxylation sites is 1. The first-order chi connectivity index (χ1) is 9.03. The molecule has 0 aliphatic heterocycles. The average Bonchev–Trinajstić information content (AvgIpc) is 2.41. The van der Waals surface area contributed by atoms with Crippen molar-refractivity contribution in [2.45, 2.75) is 4.90 Å². The standard InChI is InChI=1S/C11H11BrN4O2S/c12-9-3-1-2-4-10(9)16-19(17,18)8-5-6-11(15-13)14-7-8/h1-7,16H,13H2,(H,14,15). The highest BCUT2D eigenvalue weighted by Gasteiger charge is 2.15. The molecular weight excluding hydrogens is 332 g/mol. The van der Waals surface area contributed by atoms with Gasteiger partial charge in [0.15, 0.2) is 0 Å². The maximum Gasteiger partial charge on any atom is 0.263 e. The summed E-state index contributed by atoms with van der Waals surface area (Å²) in [4.78, 5) is 3.92. The summed E-state index contributed by atoms with van der Waals surface area (Å²) in [6.45, 7) is 0. The summed E-state index contributed by atoms with van der Waals surface area (Å²) in [6.07, 6.45) is 1.23. The molecule has 8 heteroatoms. The lowest BCUT2D eigenvalue weighted by atomic mass is 10.3. The number of benzene rings is 1. The second kappa shape index (κ2) is 5.55. The van der Waals surface area contributed by atoms with Gasteiger partial charge in [0, 0.05) is 10.7 Å². The molecule has 0 spiro atoms. The summed E-state index contributed by atoms with van der Waals surface area (Å²) in [5.41, 5.74) is 2.79. The van der Waals surface area contributed by atoms with Crippen molar-refractivity contribution in [3.63, 3.8) is 0 Å². The number of aromatic nitrogens is 1. The zero-order chi connectivity index (χ0) is 13.9. The number of halogens is 1. The molecule has 0 saturated carbocycles. The van der Waals surface area contributed by atoms with Crippen LogP contribution in [0.25, 0.3) is 0 Å². The molecule has 0 saturated heterocycles. The molecule has 0 amide bonds. The van der Waals surface area contributed by atoms with Crippen molar-refractivity contribution in [3.8, 4) is 0 Å². The fourth-order valence-electron chi connectivity index (χ4n) is 1.37. The number of hydrogen-bond acceptors (Lipinski definition) is 5. The Labute approximate surface area is 119 Å². The van der Waals surface area contributed by atoms with Crippen LogP contribution in [0.1, 0.15) is 0 Å². The summed E-state index contributed by atoms with van der Waals surface area (Å²) >= 11 is 3.28. The van der Waals surface area contributed by atoms with Gasteiger partial charge in [0.1, 0.15) is 10.7 Å². The number of pyridine rings is 1. The van der Waals surface area contributed by atoms with E-state index in [1.54, 1.807) is 24.3 Å². The van der Waals surface area contributed by atoms with Crippen LogP contribution < -0.4 is 16.0 Å². The Kier molecular flexibility index (Phi) is 4.03. The molecular formula is C11H11BrN4O2S. The summed E-state index contributed by atoms with van der Waals surface area (Å²) < 4.78 is 27.4. The van der Waals surface area contributed by atoms with Gasteiger partial charge in [0.05, 0.1) is 5.69 Å². The highest BCUT2D eigenvalue weighted by atomic mass is 79.9. The van der Waals surface area contributed by atoms with Crippen molar-refractivity contribution in [1.82, 2.24) is 4.98 Å². The maximum absolute atomic E-state index is 12.1. The predicted octanol–water partition coefficient (Wildman–Crippen LogP) is 1.93. The van der Waals surface area contributed by atoms with Crippen LogP contribution in [-0.2, 0) is 10.0 Å². The van der Waals surface area contributed by atoms with Crippen molar-refractivity contribution >= 4 is 37.5 Å². The summed E-state index contributed by atoms with van der Waals surface area (Å²) in [5, 5.41) is 0. The summed E-state index contributed by atoms with van der Waals surface area (Å²) in [7, 11) is -3.67. The minimum absolute atomic E-state index is 0.0576. The van der Waals surface area contributed by atoms with Crippen LogP contribution in [0.4, 0.5) is 11.5 Å². The molecule has 2 rings (SSSR count). The highest BCUT2D eigenvalue weighted by Crippen LogP contribution is 2.24. The van der Waals surface area contributed by atoms with E-state index in [-0.39, 0.29) is 4.90 Å². The van der Waals surface area contributed by atoms with Gasteiger partial charge in [-0.15, -0.1) is 0 Å². The molecule has 100 valence electrons. The van der Waals surface area contributed by atoms with E-state index in [9.17, 15) is 8.42 Å². The van der Waals surface area contributed by atoms with Crippen LogP contribution >= 0.6 is 15.9 Å². The first-order valence-electron chi connectivity index (χ1n) is 5.23. The van der Waals surface area contributed by atoms with Gasteiger partial charge in [-0.25, -0.2) is 19.2 Å². The van der Waals surface area contributed by atoms with E-state index in [0.29, 0.717) is 16.0 Å². The second-order valence-corrected chi connectivity index (χ2v) is 6.15. The number of nitrogen functional groups attached to an aromatic ring is 1. The lowest BCUT2D eigenvalue weighted by Crippen LogP contribution is -2.14. The molecule has 0 atom stereocenters. The van der Waals surface area contributed by atoms with Gasteiger partial charge in [-0.1, -0.05) is 12.1 Å². The monoisotopic (exact) mass is 342 g/mol. The van der Waals surface area contributed by atoms with E-state index >= 15 is 0 Å². The van der Waals surface area contributed by atoms with Gasteiger partial charge in [-0.2, -0.15) is 0 Å². The van der Waals surface area contributed by atoms with E-state index in [1.165, 1.54) is 18.3 Å². The Morgan fingerprint density at radius 1 is 1.16 bits per heavy atom. The smallest absolute Gasteiger partial charge is 0.263 e. The molecule has 19 heavy (non-hydrogen) atoms. The van der Waals surface area contributed by atoms with Gasteiger partial charge in [0.2, 0.25) is 0 Å². The zero-order valence-corrected chi connectivity index (χ0v) is 12.1. The van der Waals surface area contributed by atoms with E-state index in [2.05, 4.69) is 31.1 Å². The average molecular weight is 343 g/mol. The Balaban J connectivity index is 2.30. The number of hydrogen-bond donors (Lipinski definition) is 3. The van der Waals surface area contributed by atoms with Crippen LogP contribution in [0.3, 0.4) is 0 Å². The van der Waals surface area contributed by atoms with E-state index < -0.39 is 10.0 Å². The second-order valence-electron chi connectivity index (χ2n) is 3.61. The number of hydrazine groups is 1. The number of sulfonamides is 1. The molecule has 0 fully saturated rings. The first-order valence-corrected chi connectivity index (χ1v) is 7.50. The molecule has 0 bridgehead atoms. The van der Waals surface area contributed by atoms with Crippen LogP contribution in [0.5, 0.6) is 0 Å². The number of nitrogens with two attached hydrogens (primary N) is 1. The lowest BCUT2D eigenvalue weighted by Gasteiger charge is -2.09. The molecule has 1 heterocycles. The molecule has 1 aromatic heterocycles. The van der Waals surface area contributed by atoms with Crippen molar-refractivity contribution in [3.05, 3.63) is 47.1 Å². The van der Waals surface area contributed by atoms with Gasteiger partial charge in [0.25, 0.3) is 10.0 Å². The van der Waals surface area contributed by atoms with E-state index in [1.807, 2.05) is 0 Å². The van der Waals surface area contributed by atoms with Crippen molar-refractivity contribution in [2.75, 3.05) is 10.1 Å². The van der Waals surface area contributed by atoms with E-state index in [0.717, 1.165) is 0 Å². The SMILES string of the molecule is NNc1ccc(S(=O)(=O)Nc2ccccc2Br)cn1. The summed E-state index contributed by atoms with van der Waals surface area (Å²) in [6, 6.07) is 9.84. The maximum atomic E-state index is 12.1. The molecule has 0 aliphatic carbocycles. The minimum atomic E-state index is -3.67. The molecule has 0 unspecified atom stereocenters. The largest absolute Gasteiger partial charge is 0.308 e. The molecule has 1 aromatic carbocycles. The van der Waals surface area contributed by atoms with Crippen molar-refractivity contribution in [2.24, 2.45) is 5.84 Å². The highest BCUT2D eigenvalue weighted by molar-refractivity contribution is 9.10. The van der Waals surface area contributed by atoms with Crippen molar-refractivity contribution < 1.29 is 8.42 Å². The lowest BCUT2D eigenvalue weighted by molar-refractivity contribution is 0.601. The fraction of sp³-hybridized carbons (Fsp3) is 0. The Bertz CT molecular complexity index is 673. The van der Waals surface area contributed by atoms with Gasteiger partial charge in [-0.3, -0.25) is 4.72 Å². The third-order valence-corrected chi connectivity index (χ3v) is 4.35. The van der Waals surface area contributed by atoms with Gasteiger partial charge in [-0.05, 0) is 40.2 Å². The van der Waals surface area contributed by atoms with Crippen LogP contribution in [0.2, 0.25) is 0 Å². The Morgan fingerprint density at radius 2 is 1.89 bits per heavy atom. The van der Waals surface area contributed by atoms with Crippen LogP contribution in [0.15, 0.2) is 52.0 Å². The third kappa shape index (κ3) is 3.22. The van der Waals surface area contributed by atoms with Gasteiger partial charge < -0.3 is 5.43 Å². The number of anilines is 2. The first kappa shape index (κ1) is 13.8. The fourth-order valence-corrected chi connectivity index (χ4v) is 2.91. The Hall–Kier alpha value is -1.64. The number of nitrogens with zero attached hydrogens (tertiary/aromatic N) is 1. The van der Waals surface area contributed by atoms with Crippen molar-refractivity contribution in [1.29, 1.82) is 0 Å². The third-order valence-electron chi connectivity index (χ3n) is 2.31. The predicted molar refractivity (Wildman–Crippen MR) is 77.0 cm³/mol. The molecule has 4 N–H and O–H groups in total. The van der Waals surface area contributed by atoms with E-state index in [4.69, 9.17) is 5.84 Å². The molecule has 0 radical (unpaired) electrons. The van der Waals surface area contributed by atoms with Crippen LogP contribution in [-0.4, -0.2) is 13.4 Å². The zero-order valence-electron chi connectivity index (χ0n) is 9.67.